The first-order valence-electron chi connectivity index (χ1n) is 6.68. The summed E-state index contributed by atoms with van der Waals surface area (Å²) >= 11 is 0. The molecule has 1 atom stereocenters. The van der Waals surface area contributed by atoms with E-state index in [9.17, 15) is 13.6 Å². The van der Waals surface area contributed by atoms with E-state index < -0.39 is 19.1 Å². The van der Waals surface area contributed by atoms with Crippen LogP contribution in [0, 0.1) is 0 Å². The largest absolute Gasteiger partial charge is 0.488 e. The third-order valence-electron chi connectivity index (χ3n) is 2.95. The van der Waals surface area contributed by atoms with E-state index >= 15 is 0 Å². The number of halogens is 2. The Morgan fingerprint density at radius 2 is 2.27 bits per heavy atom. The molecule has 0 bridgehead atoms. The molecule has 0 spiro atoms. The minimum Gasteiger partial charge on any atom is -0.488 e. The molecule has 0 aliphatic heterocycles. The highest BCUT2D eigenvalue weighted by Crippen LogP contribution is 2.14. The van der Waals surface area contributed by atoms with E-state index in [-0.39, 0.29) is 12.5 Å². The summed E-state index contributed by atoms with van der Waals surface area (Å²) in [5.41, 5.74) is 0.755. The van der Waals surface area contributed by atoms with Gasteiger partial charge in [-0.25, -0.2) is 18.4 Å². The Bertz CT molecular complexity index is 605. The quantitative estimate of drug-likeness (QED) is 0.846. The SMILES string of the molecule is C[C@@H](C(=O)NCc1cccc(OCC(F)F)c1)n1cncn1. The number of nitrogens with one attached hydrogen (secondary N) is 1. The summed E-state index contributed by atoms with van der Waals surface area (Å²) in [6.07, 6.45) is 0.295. The van der Waals surface area contributed by atoms with Gasteiger partial charge in [-0.3, -0.25) is 4.79 Å². The van der Waals surface area contributed by atoms with Crippen molar-refractivity contribution in [3.8, 4) is 5.75 Å². The van der Waals surface area contributed by atoms with Gasteiger partial charge in [0.15, 0.2) is 0 Å². The summed E-state index contributed by atoms with van der Waals surface area (Å²) in [7, 11) is 0. The maximum Gasteiger partial charge on any atom is 0.272 e. The standard InChI is InChI=1S/C14H16F2N4O2/c1-10(20-9-17-8-19-20)14(21)18-6-11-3-2-4-12(5-11)22-7-13(15)16/h2-5,8-10,13H,6-7H2,1H3,(H,18,21)/t10-/m0/s1. The van der Waals surface area contributed by atoms with Crippen LogP contribution in [0.5, 0.6) is 5.75 Å². The van der Waals surface area contributed by atoms with Crippen LogP contribution in [0.2, 0.25) is 0 Å². The third-order valence-corrected chi connectivity index (χ3v) is 2.95. The molecule has 0 radical (unpaired) electrons. The van der Waals surface area contributed by atoms with Crippen molar-refractivity contribution in [2.24, 2.45) is 0 Å². The fourth-order valence-corrected chi connectivity index (χ4v) is 1.78. The first kappa shape index (κ1) is 15.9. The molecule has 22 heavy (non-hydrogen) atoms. The van der Waals surface area contributed by atoms with Gasteiger partial charge < -0.3 is 10.1 Å². The molecule has 0 saturated carbocycles. The van der Waals surface area contributed by atoms with Crippen LogP contribution in [0.3, 0.4) is 0 Å². The second kappa shape index (κ2) is 7.48. The van der Waals surface area contributed by atoms with Gasteiger partial charge in [-0.05, 0) is 24.6 Å². The molecular formula is C14H16F2N4O2. The first-order chi connectivity index (χ1) is 10.6. The Labute approximate surface area is 126 Å². The molecule has 2 rings (SSSR count). The van der Waals surface area contributed by atoms with Crippen LogP contribution in [0.15, 0.2) is 36.9 Å². The van der Waals surface area contributed by atoms with Crippen molar-refractivity contribution in [1.29, 1.82) is 0 Å². The van der Waals surface area contributed by atoms with Gasteiger partial charge in [0, 0.05) is 6.54 Å². The molecular weight excluding hydrogens is 294 g/mol. The number of hydrogen-bond donors (Lipinski definition) is 1. The number of amides is 1. The molecule has 1 aromatic heterocycles. The van der Waals surface area contributed by atoms with Gasteiger partial charge in [-0.15, -0.1) is 0 Å². The molecule has 2 aromatic rings. The van der Waals surface area contributed by atoms with E-state index in [4.69, 9.17) is 4.74 Å². The Morgan fingerprint density at radius 1 is 1.45 bits per heavy atom. The van der Waals surface area contributed by atoms with Crippen molar-refractivity contribution < 1.29 is 18.3 Å². The smallest absolute Gasteiger partial charge is 0.272 e. The van der Waals surface area contributed by atoms with E-state index in [1.165, 1.54) is 17.3 Å². The van der Waals surface area contributed by atoms with Gasteiger partial charge >= 0.3 is 0 Å². The van der Waals surface area contributed by atoms with Crippen LogP contribution in [-0.4, -0.2) is 33.7 Å². The van der Waals surface area contributed by atoms with Crippen LogP contribution in [0.4, 0.5) is 8.78 Å². The summed E-state index contributed by atoms with van der Waals surface area (Å²) in [5, 5.41) is 6.65. The first-order valence-corrected chi connectivity index (χ1v) is 6.68. The molecule has 1 heterocycles. The highest BCUT2D eigenvalue weighted by Gasteiger charge is 2.14. The van der Waals surface area contributed by atoms with Crippen LogP contribution in [0.25, 0.3) is 0 Å². The van der Waals surface area contributed by atoms with Gasteiger partial charge in [0.1, 0.15) is 31.1 Å². The van der Waals surface area contributed by atoms with Crippen LogP contribution >= 0.6 is 0 Å². The second-order valence-corrected chi connectivity index (χ2v) is 4.62. The molecule has 118 valence electrons. The number of rotatable bonds is 7. The summed E-state index contributed by atoms with van der Waals surface area (Å²) in [6, 6.07) is 6.17. The van der Waals surface area contributed by atoms with E-state index in [1.807, 2.05) is 0 Å². The Balaban J connectivity index is 1.88. The predicted octanol–water partition coefficient (Wildman–Crippen LogP) is 1.80. The van der Waals surface area contributed by atoms with Crippen molar-refractivity contribution in [3.63, 3.8) is 0 Å². The maximum atomic E-state index is 12.1. The van der Waals surface area contributed by atoms with Gasteiger partial charge in [0.05, 0.1) is 0 Å². The highest BCUT2D eigenvalue weighted by molar-refractivity contribution is 5.79. The van der Waals surface area contributed by atoms with E-state index in [0.29, 0.717) is 5.75 Å². The van der Waals surface area contributed by atoms with Crippen molar-refractivity contribution in [1.82, 2.24) is 20.1 Å². The molecule has 1 N–H and O–H groups in total. The molecule has 0 unspecified atom stereocenters. The van der Waals surface area contributed by atoms with Crippen LogP contribution in [0.1, 0.15) is 18.5 Å². The Morgan fingerprint density at radius 3 is 2.95 bits per heavy atom. The minimum atomic E-state index is -2.52. The maximum absolute atomic E-state index is 12.1. The average molecular weight is 310 g/mol. The average Bonchev–Trinajstić information content (AvgIpc) is 3.04. The van der Waals surface area contributed by atoms with Crippen molar-refractivity contribution in [2.75, 3.05) is 6.61 Å². The fourth-order valence-electron chi connectivity index (χ4n) is 1.78. The van der Waals surface area contributed by atoms with E-state index in [1.54, 1.807) is 31.2 Å². The zero-order valence-corrected chi connectivity index (χ0v) is 11.9. The number of nitrogens with zero attached hydrogens (tertiary/aromatic N) is 3. The molecule has 0 aliphatic carbocycles. The van der Waals surface area contributed by atoms with Gasteiger partial charge in [0.2, 0.25) is 5.91 Å². The number of benzene rings is 1. The fraction of sp³-hybridized carbons (Fsp3) is 0.357. The van der Waals surface area contributed by atoms with Crippen LogP contribution < -0.4 is 10.1 Å². The lowest BCUT2D eigenvalue weighted by Crippen LogP contribution is -2.30. The molecule has 0 aliphatic rings. The Kier molecular flexibility index (Phi) is 5.40. The molecule has 1 amide bonds. The minimum absolute atomic E-state index is 0.218. The number of alkyl halides is 2. The van der Waals surface area contributed by atoms with Crippen molar-refractivity contribution >= 4 is 5.91 Å². The van der Waals surface area contributed by atoms with Crippen molar-refractivity contribution in [2.45, 2.75) is 25.9 Å². The van der Waals surface area contributed by atoms with Gasteiger partial charge in [0.25, 0.3) is 6.43 Å². The Hall–Kier alpha value is -2.51. The monoisotopic (exact) mass is 310 g/mol. The van der Waals surface area contributed by atoms with Gasteiger partial charge in [-0.2, -0.15) is 5.10 Å². The number of ether oxygens (including phenoxy) is 1. The zero-order chi connectivity index (χ0) is 15.9. The summed E-state index contributed by atoms with van der Waals surface area (Å²) in [6.45, 7) is 1.31. The second-order valence-electron chi connectivity index (χ2n) is 4.62. The molecule has 0 fully saturated rings. The number of carbonyl (C=O) groups is 1. The van der Waals surface area contributed by atoms with Crippen LogP contribution in [-0.2, 0) is 11.3 Å². The predicted molar refractivity (Wildman–Crippen MR) is 74.5 cm³/mol. The molecule has 6 nitrogen and oxygen atoms in total. The van der Waals surface area contributed by atoms with E-state index in [2.05, 4.69) is 15.4 Å². The van der Waals surface area contributed by atoms with Gasteiger partial charge in [-0.1, -0.05) is 12.1 Å². The summed E-state index contributed by atoms with van der Waals surface area (Å²) < 4.78 is 30.6. The number of hydrogen-bond acceptors (Lipinski definition) is 4. The molecule has 0 saturated heterocycles. The summed E-state index contributed by atoms with van der Waals surface area (Å²) in [4.78, 5) is 15.8. The number of carbonyl (C=O) groups excluding carboxylic acids is 1. The lowest BCUT2D eigenvalue weighted by Gasteiger charge is -2.12. The third kappa shape index (κ3) is 4.51. The zero-order valence-electron chi connectivity index (χ0n) is 11.9. The topological polar surface area (TPSA) is 69.0 Å². The summed E-state index contributed by atoms with van der Waals surface area (Å²) in [5.74, 6) is 0.126. The number of aromatic nitrogens is 3. The molecule has 8 heteroatoms. The lowest BCUT2D eigenvalue weighted by molar-refractivity contribution is -0.124. The normalized spacial score (nSPS) is 12.2. The highest BCUT2D eigenvalue weighted by atomic mass is 19.3. The van der Waals surface area contributed by atoms with E-state index in [0.717, 1.165) is 5.56 Å². The molecule has 1 aromatic carbocycles. The lowest BCUT2D eigenvalue weighted by atomic mass is 10.2. The van der Waals surface area contributed by atoms with Crippen molar-refractivity contribution in [3.05, 3.63) is 42.5 Å².